The first kappa shape index (κ1) is 16.7. The molecule has 1 aromatic rings. The summed E-state index contributed by atoms with van der Waals surface area (Å²) >= 11 is 3.09. The van der Waals surface area contributed by atoms with Crippen molar-refractivity contribution in [3.63, 3.8) is 0 Å². The van der Waals surface area contributed by atoms with Crippen LogP contribution >= 0.6 is 15.9 Å². The maximum Gasteiger partial charge on any atom is 0.243 e. The highest BCUT2D eigenvalue weighted by Crippen LogP contribution is 2.30. The molecule has 0 spiro atoms. The Balaban J connectivity index is 2.28. The van der Waals surface area contributed by atoms with Crippen LogP contribution < -0.4 is 10.5 Å². The van der Waals surface area contributed by atoms with E-state index in [0.717, 1.165) is 44.2 Å². The molecule has 0 aromatic heterocycles. The summed E-state index contributed by atoms with van der Waals surface area (Å²) in [4.78, 5) is -0.386. The molecule has 2 atom stereocenters. The average Bonchev–Trinajstić information content (AvgIpc) is 2.43. The minimum absolute atomic E-state index is 0.127. The van der Waals surface area contributed by atoms with Gasteiger partial charge in [-0.1, -0.05) is 26.2 Å². The third-order valence-corrected chi connectivity index (χ3v) is 6.27. The van der Waals surface area contributed by atoms with E-state index in [0.29, 0.717) is 10.4 Å². The Bertz CT molecular complexity index is 622. The smallest absolute Gasteiger partial charge is 0.243 e. The minimum Gasteiger partial charge on any atom is -0.398 e. The summed E-state index contributed by atoms with van der Waals surface area (Å²) in [6, 6.07) is 2.12. The predicted molar refractivity (Wildman–Crippen MR) is 84.9 cm³/mol. The van der Waals surface area contributed by atoms with Gasteiger partial charge in [0.1, 0.15) is 10.7 Å². The molecule has 1 aliphatic rings. The number of nitrogens with one attached hydrogen (secondary N) is 1. The van der Waals surface area contributed by atoms with Gasteiger partial charge in [-0.05, 0) is 46.8 Å². The first-order valence-corrected chi connectivity index (χ1v) is 9.39. The van der Waals surface area contributed by atoms with Gasteiger partial charge in [-0.3, -0.25) is 0 Å². The van der Waals surface area contributed by atoms with Crippen LogP contribution in [0.2, 0.25) is 0 Å². The molecule has 3 N–H and O–H groups in total. The molecule has 2 rings (SSSR count). The molecule has 0 heterocycles. The second kappa shape index (κ2) is 6.62. The molecule has 0 bridgehead atoms. The lowest BCUT2D eigenvalue weighted by atomic mass is 9.83. The fourth-order valence-corrected chi connectivity index (χ4v) is 4.61. The lowest BCUT2D eigenvalue weighted by molar-refractivity contribution is 0.282. The van der Waals surface area contributed by atoms with Gasteiger partial charge in [0.05, 0.1) is 0 Å². The third kappa shape index (κ3) is 3.76. The van der Waals surface area contributed by atoms with Crippen molar-refractivity contribution in [1.29, 1.82) is 0 Å². The van der Waals surface area contributed by atoms with Crippen molar-refractivity contribution in [3.8, 4) is 0 Å². The van der Waals surface area contributed by atoms with E-state index in [2.05, 4.69) is 27.6 Å². The van der Waals surface area contributed by atoms with Gasteiger partial charge in [0.2, 0.25) is 10.0 Å². The summed E-state index contributed by atoms with van der Waals surface area (Å²) < 4.78 is 41.8. The zero-order chi connectivity index (χ0) is 15.6. The van der Waals surface area contributed by atoms with Gasteiger partial charge in [-0.2, -0.15) is 0 Å². The Morgan fingerprint density at radius 1 is 1.38 bits per heavy atom. The fourth-order valence-electron chi connectivity index (χ4n) is 2.87. The first-order valence-electron chi connectivity index (χ1n) is 7.12. The molecule has 21 heavy (non-hydrogen) atoms. The molecule has 118 valence electrons. The van der Waals surface area contributed by atoms with Crippen LogP contribution in [0.25, 0.3) is 0 Å². The minimum atomic E-state index is -3.90. The van der Waals surface area contributed by atoms with Crippen LogP contribution in [0.4, 0.5) is 10.1 Å². The van der Waals surface area contributed by atoms with Gasteiger partial charge in [-0.15, -0.1) is 0 Å². The highest BCUT2D eigenvalue weighted by atomic mass is 79.9. The number of nitrogen functional groups attached to an aromatic ring is 1. The van der Waals surface area contributed by atoms with Crippen LogP contribution in [-0.4, -0.2) is 14.5 Å². The van der Waals surface area contributed by atoms with Gasteiger partial charge in [0.15, 0.2) is 0 Å². The van der Waals surface area contributed by atoms with Crippen LogP contribution in [0.15, 0.2) is 21.5 Å². The average molecular weight is 379 g/mol. The largest absolute Gasteiger partial charge is 0.398 e. The van der Waals surface area contributed by atoms with Gasteiger partial charge in [0.25, 0.3) is 0 Å². The van der Waals surface area contributed by atoms with Crippen LogP contribution in [0.1, 0.15) is 39.0 Å². The van der Waals surface area contributed by atoms with E-state index in [9.17, 15) is 12.8 Å². The summed E-state index contributed by atoms with van der Waals surface area (Å²) in [7, 11) is -3.90. The molecule has 1 saturated carbocycles. The van der Waals surface area contributed by atoms with Crippen molar-refractivity contribution in [3.05, 3.63) is 22.4 Å². The SMILES string of the molecule is CCC1CCCCC1NS(=O)(=O)c1cc(N)c(Br)cc1F. The topological polar surface area (TPSA) is 72.2 Å². The molecule has 4 nitrogen and oxygen atoms in total. The number of anilines is 1. The zero-order valence-electron chi connectivity index (χ0n) is 11.9. The molecule has 0 saturated heterocycles. The number of hydrogen-bond acceptors (Lipinski definition) is 3. The lowest BCUT2D eigenvalue weighted by Gasteiger charge is -2.31. The second-order valence-electron chi connectivity index (χ2n) is 5.48. The van der Waals surface area contributed by atoms with Crippen LogP contribution in [0.5, 0.6) is 0 Å². The Morgan fingerprint density at radius 3 is 2.71 bits per heavy atom. The summed E-state index contributed by atoms with van der Waals surface area (Å²) in [6.45, 7) is 2.05. The maximum atomic E-state index is 14.0. The molecule has 1 fully saturated rings. The number of sulfonamides is 1. The highest BCUT2D eigenvalue weighted by Gasteiger charge is 2.30. The number of nitrogens with two attached hydrogens (primary N) is 1. The van der Waals surface area contributed by atoms with Crippen LogP contribution in [0, 0.1) is 11.7 Å². The van der Waals surface area contributed by atoms with Gasteiger partial charge in [-0.25, -0.2) is 17.5 Å². The van der Waals surface area contributed by atoms with Crippen LogP contribution in [0.3, 0.4) is 0 Å². The Hall–Kier alpha value is -0.660. The number of benzene rings is 1. The third-order valence-electron chi connectivity index (χ3n) is 4.08. The van der Waals surface area contributed by atoms with Crippen molar-refractivity contribution in [2.24, 2.45) is 5.92 Å². The molecule has 7 heteroatoms. The summed E-state index contributed by atoms with van der Waals surface area (Å²) in [5, 5.41) is 0. The van der Waals surface area contributed by atoms with Crippen molar-refractivity contribution in [2.75, 3.05) is 5.73 Å². The molecular formula is C14H20BrFN2O2S. The molecule has 0 aliphatic heterocycles. The predicted octanol–water partition coefficient (Wildman–Crippen LogP) is 3.42. The molecule has 0 amide bonds. The molecule has 1 aromatic carbocycles. The monoisotopic (exact) mass is 378 g/mol. The zero-order valence-corrected chi connectivity index (χ0v) is 14.3. The van der Waals surface area contributed by atoms with E-state index < -0.39 is 15.8 Å². The quantitative estimate of drug-likeness (QED) is 0.788. The molecule has 1 aliphatic carbocycles. The van der Waals surface area contributed by atoms with E-state index in [4.69, 9.17) is 5.73 Å². The Morgan fingerprint density at radius 2 is 2.05 bits per heavy atom. The first-order chi connectivity index (χ1) is 9.85. The van der Waals surface area contributed by atoms with Crippen molar-refractivity contribution in [1.82, 2.24) is 4.72 Å². The highest BCUT2D eigenvalue weighted by molar-refractivity contribution is 9.10. The Kier molecular flexibility index (Phi) is 5.27. The van der Waals surface area contributed by atoms with Crippen LogP contribution in [-0.2, 0) is 10.0 Å². The Labute approximate surface area is 133 Å². The van der Waals surface area contributed by atoms with Crippen molar-refractivity contribution < 1.29 is 12.8 Å². The summed E-state index contributed by atoms with van der Waals surface area (Å²) in [6.07, 6.45) is 4.84. The van der Waals surface area contributed by atoms with Gasteiger partial charge >= 0.3 is 0 Å². The normalized spacial score (nSPS) is 23.2. The van der Waals surface area contributed by atoms with Gasteiger partial charge < -0.3 is 5.73 Å². The summed E-state index contributed by atoms with van der Waals surface area (Å²) in [5.74, 6) is -0.489. The van der Waals surface area contributed by atoms with Crippen molar-refractivity contribution >= 4 is 31.6 Å². The maximum absolute atomic E-state index is 14.0. The number of rotatable bonds is 4. The van der Waals surface area contributed by atoms with Crippen molar-refractivity contribution in [2.45, 2.75) is 50.0 Å². The van der Waals surface area contributed by atoms with Gasteiger partial charge in [0, 0.05) is 16.2 Å². The molecule has 2 unspecified atom stereocenters. The van der Waals surface area contributed by atoms with E-state index in [1.54, 1.807) is 0 Å². The van der Waals surface area contributed by atoms with E-state index in [1.165, 1.54) is 0 Å². The molecular weight excluding hydrogens is 359 g/mol. The van der Waals surface area contributed by atoms with E-state index in [1.807, 2.05) is 0 Å². The molecule has 0 radical (unpaired) electrons. The standard InChI is InChI=1S/C14H20BrFN2O2S/c1-2-9-5-3-4-6-13(9)18-21(19,20)14-8-12(17)10(15)7-11(14)16/h7-9,13,18H,2-6,17H2,1H3. The fraction of sp³-hybridized carbons (Fsp3) is 0.571. The second-order valence-corrected chi connectivity index (χ2v) is 8.02. The summed E-state index contributed by atoms with van der Waals surface area (Å²) in [5.41, 5.74) is 5.87. The number of halogens is 2. The van der Waals surface area contributed by atoms with E-state index in [-0.39, 0.29) is 16.6 Å². The van der Waals surface area contributed by atoms with E-state index >= 15 is 0 Å². The number of hydrogen-bond donors (Lipinski definition) is 2. The lowest BCUT2D eigenvalue weighted by Crippen LogP contribution is -2.42.